The Hall–Kier alpha value is -4.80. The highest BCUT2D eigenvalue weighted by Gasteiger charge is 2.25. The summed E-state index contributed by atoms with van der Waals surface area (Å²) in [6.07, 6.45) is 0. The number of carbonyl (C=O) groups excluding carboxylic acids is 3. The van der Waals surface area contributed by atoms with Gasteiger partial charge in [-0.3, -0.25) is 0 Å². The fraction of sp³-hybridized carbons (Fsp3) is 0.100. The van der Waals surface area contributed by atoms with Crippen LogP contribution in [0.2, 0.25) is 0 Å². The molecule has 0 aliphatic carbocycles. The summed E-state index contributed by atoms with van der Waals surface area (Å²) in [5.41, 5.74) is 1.55. The normalized spacial score (nSPS) is 11.0. The molecule has 10 heteroatoms. The van der Waals surface area contributed by atoms with Crippen LogP contribution in [0.5, 0.6) is 0 Å². The Morgan fingerprint density at radius 2 is 1.05 bits per heavy atom. The van der Waals surface area contributed by atoms with Crippen molar-refractivity contribution in [3.63, 3.8) is 0 Å². The van der Waals surface area contributed by atoms with Gasteiger partial charge >= 0.3 is 17.9 Å². The van der Waals surface area contributed by atoms with Gasteiger partial charge in [0.05, 0.1) is 42.9 Å². The molecule has 0 saturated carbocycles. The Morgan fingerprint density at radius 1 is 0.575 bits per heavy atom. The second kappa shape index (κ2) is 11.5. The summed E-state index contributed by atoms with van der Waals surface area (Å²) in [6.45, 7) is 0. The van der Waals surface area contributed by atoms with E-state index >= 15 is 0 Å². The number of hydrogen-bond acceptors (Lipinski definition) is 9. The van der Waals surface area contributed by atoms with E-state index in [1.165, 1.54) is 69.9 Å². The fourth-order valence-corrected chi connectivity index (χ4v) is 5.28. The number of hydrogen-bond donors (Lipinski definition) is 0. The molecular formula is C30H23O9S-. The maximum atomic E-state index is 12.8. The zero-order valence-corrected chi connectivity index (χ0v) is 22.5. The van der Waals surface area contributed by atoms with Crippen molar-refractivity contribution >= 4 is 28.0 Å². The highest BCUT2D eigenvalue weighted by molar-refractivity contribution is 7.86. The summed E-state index contributed by atoms with van der Waals surface area (Å²) in [7, 11) is -1.51. The molecule has 9 nitrogen and oxygen atoms in total. The summed E-state index contributed by atoms with van der Waals surface area (Å²) in [5, 5.41) is 0. The SMILES string of the molecule is COC(=O)c1ccc(-c2cc(-c3ccccc3C(=O)OC)cc(-c3ccccc3C(=O)OC)c2S(=O)(=O)[O-])cc1. The molecule has 0 aliphatic heterocycles. The van der Waals surface area contributed by atoms with Gasteiger partial charge in [-0.15, -0.1) is 0 Å². The molecule has 40 heavy (non-hydrogen) atoms. The van der Waals surface area contributed by atoms with Gasteiger partial charge in [-0.1, -0.05) is 48.5 Å². The Balaban J connectivity index is 2.15. The fourth-order valence-electron chi connectivity index (χ4n) is 4.40. The first-order valence-electron chi connectivity index (χ1n) is 11.8. The molecular weight excluding hydrogens is 536 g/mol. The van der Waals surface area contributed by atoms with Crippen LogP contribution in [0.25, 0.3) is 33.4 Å². The van der Waals surface area contributed by atoms with Crippen LogP contribution < -0.4 is 0 Å². The molecule has 0 aromatic heterocycles. The van der Waals surface area contributed by atoms with E-state index in [1.54, 1.807) is 36.4 Å². The summed E-state index contributed by atoms with van der Waals surface area (Å²) >= 11 is 0. The van der Waals surface area contributed by atoms with Crippen molar-refractivity contribution in [1.82, 2.24) is 0 Å². The molecule has 0 saturated heterocycles. The van der Waals surface area contributed by atoms with Crippen LogP contribution in [0.15, 0.2) is 89.8 Å². The van der Waals surface area contributed by atoms with E-state index in [9.17, 15) is 27.4 Å². The van der Waals surface area contributed by atoms with Crippen molar-refractivity contribution in [2.75, 3.05) is 21.3 Å². The third kappa shape index (κ3) is 5.49. The number of methoxy groups -OCH3 is 3. The Labute approximate surface area is 230 Å². The van der Waals surface area contributed by atoms with Crippen LogP contribution in [0.1, 0.15) is 31.1 Å². The van der Waals surface area contributed by atoms with E-state index < -0.39 is 32.9 Å². The van der Waals surface area contributed by atoms with Crippen molar-refractivity contribution in [3.8, 4) is 33.4 Å². The summed E-state index contributed by atoms with van der Waals surface area (Å²) in [5.74, 6) is -1.97. The number of benzene rings is 4. The number of ether oxygens (including phenoxy) is 3. The van der Waals surface area contributed by atoms with E-state index in [2.05, 4.69) is 0 Å². The molecule has 0 amide bonds. The first kappa shape index (κ1) is 28.2. The van der Waals surface area contributed by atoms with E-state index in [0.717, 1.165) is 0 Å². The lowest BCUT2D eigenvalue weighted by Gasteiger charge is -2.22. The lowest BCUT2D eigenvalue weighted by Crippen LogP contribution is -2.09. The van der Waals surface area contributed by atoms with Gasteiger partial charge in [0.25, 0.3) is 0 Å². The van der Waals surface area contributed by atoms with E-state index in [-0.39, 0.29) is 38.9 Å². The van der Waals surface area contributed by atoms with Crippen LogP contribution >= 0.6 is 0 Å². The number of esters is 3. The molecule has 0 spiro atoms. The van der Waals surface area contributed by atoms with Gasteiger partial charge in [-0.2, -0.15) is 0 Å². The predicted octanol–water partition coefficient (Wildman–Crippen LogP) is 4.95. The number of rotatable bonds is 7. The van der Waals surface area contributed by atoms with Crippen LogP contribution in [-0.4, -0.2) is 52.2 Å². The highest BCUT2D eigenvalue weighted by Crippen LogP contribution is 2.42. The minimum atomic E-state index is -5.16. The maximum absolute atomic E-state index is 12.8. The second-order valence-corrected chi connectivity index (χ2v) is 9.81. The Bertz CT molecular complexity index is 1720. The molecule has 204 valence electrons. The monoisotopic (exact) mass is 559 g/mol. The van der Waals surface area contributed by atoms with Crippen LogP contribution in [0, 0.1) is 0 Å². The van der Waals surface area contributed by atoms with Crippen molar-refractivity contribution in [3.05, 3.63) is 102 Å². The summed E-state index contributed by atoms with van der Waals surface area (Å²) in [6, 6.07) is 21.3. The molecule has 4 aromatic rings. The topological polar surface area (TPSA) is 136 Å². The molecule has 0 heterocycles. The Morgan fingerprint density at radius 3 is 1.57 bits per heavy atom. The summed E-state index contributed by atoms with van der Waals surface area (Å²) < 4.78 is 53.1. The molecule has 0 fully saturated rings. The van der Waals surface area contributed by atoms with Crippen LogP contribution in [0.4, 0.5) is 0 Å². The average Bonchev–Trinajstić information content (AvgIpc) is 2.98. The van der Waals surface area contributed by atoms with Gasteiger partial charge in [0.1, 0.15) is 10.1 Å². The quantitative estimate of drug-likeness (QED) is 0.175. The van der Waals surface area contributed by atoms with Crippen LogP contribution in [-0.2, 0) is 24.3 Å². The minimum absolute atomic E-state index is 0.00162. The molecule has 0 unspecified atom stereocenters. The van der Waals surface area contributed by atoms with Crippen molar-refractivity contribution in [2.45, 2.75) is 4.90 Å². The molecule has 0 atom stereocenters. The lowest BCUT2D eigenvalue weighted by atomic mass is 9.89. The highest BCUT2D eigenvalue weighted by atomic mass is 32.2. The zero-order valence-electron chi connectivity index (χ0n) is 21.7. The standard InChI is InChI=1S/C30H24O9S/c1-37-28(31)19-14-12-18(13-15-19)25-16-20(21-8-4-6-10-23(21)29(32)38-2)17-26(27(25)40(34,35)36)22-9-5-7-11-24(22)30(33)39-3/h4-17H,1-3H3,(H,34,35,36)/p-1. The second-order valence-electron chi connectivity index (χ2n) is 8.50. The van der Waals surface area contributed by atoms with Gasteiger partial charge in [-0.05, 0) is 58.7 Å². The number of carbonyl (C=O) groups is 3. The zero-order chi connectivity index (χ0) is 29.0. The van der Waals surface area contributed by atoms with Crippen molar-refractivity contribution in [1.29, 1.82) is 0 Å². The van der Waals surface area contributed by atoms with E-state index in [1.807, 2.05) is 0 Å². The predicted molar refractivity (Wildman–Crippen MR) is 145 cm³/mol. The maximum Gasteiger partial charge on any atom is 0.338 e. The third-order valence-electron chi connectivity index (χ3n) is 6.22. The first-order chi connectivity index (χ1) is 19.1. The molecule has 0 bridgehead atoms. The van der Waals surface area contributed by atoms with Gasteiger partial charge < -0.3 is 18.8 Å². The smallest absolute Gasteiger partial charge is 0.338 e. The molecule has 0 N–H and O–H groups in total. The van der Waals surface area contributed by atoms with Gasteiger partial charge in [0.2, 0.25) is 0 Å². The van der Waals surface area contributed by atoms with Crippen molar-refractivity contribution in [2.24, 2.45) is 0 Å². The largest absolute Gasteiger partial charge is 0.744 e. The molecule has 0 radical (unpaired) electrons. The van der Waals surface area contributed by atoms with Gasteiger partial charge in [0, 0.05) is 11.1 Å². The minimum Gasteiger partial charge on any atom is -0.744 e. The van der Waals surface area contributed by atoms with Gasteiger partial charge in [-0.25, -0.2) is 22.8 Å². The summed E-state index contributed by atoms with van der Waals surface area (Å²) in [4.78, 5) is 36.6. The Kier molecular flexibility index (Phi) is 8.13. The van der Waals surface area contributed by atoms with Crippen molar-refractivity contribution < 1.29 is 41.6 Å². The van der Waals surface area contributed by atoms with Crippen LogP contribution in [0.3, 0.4) is 0 Å². The van der Waals surface area contributed by atoms with Gasteiger partial charge in [0.15, 0.2) is 0 Å². The lowest BCUT2D eigenvalue weighted by molar-refractivity contribution is 0.0592. The molecule has 4 aromatic carbocycles. The first-order valence-corrected chi connectivity index (χ1v) is 13.2. The third-order valence-corrected chi connectivity index (χ3v) is 7.16. The molecule has 4 rings (SSSR count). The van der Waals surface area contributed by atoms with E-state index in [0.29, 0.717) is 11.1 Å². The molecule has 0 aliphatic rings. The van der Waals surface area contributed by atoms with E-state index in [4.69, 9.17) is 14.2 Å². The average molecular weight is 560 g/mol.